The minimum Gasteiger partial charge on any atom is -0.235 e. The van der Waals surface area contributed by atoms with Crippen LogP contribution in [0.15, 0.2) is 66.1 Å². The van der Waals surface area contributed by atoms with Gasteiger partial charge in [0.2, 0.25) is 0 Å². The molecule has 106 valence electrons. The van der Waals surface area contributed by atoms with E-state index in [0.717, 1.165) is 10.5 Å². The Balaban J connectivity index is 1.93. The molecule has 3 nitrogen and oxygen atoms in total. The third kappa shape index (κ3) is 3.43. The van der Waals surface area contributed by atoms with Crippen LogP contribution >= 0.6 is 23.4 Å². The Bertz CT molecular complexity index is 699. The minimum absolute atomic E-state index is 0.116. The molecule has 0 radical (unpaired) electrons. The molecule has 3 rings (SSSR count). The molecule has 0 N–H and O–H groups in total. The molecular weight excluding hydrogens is 309 g/mol. The Morgan fingerprint density at radius 2 is 1.76 bits per heavy atom. The number of benzene rings is 2. The number of halogens is 2. The summed E-state index contributed by atoms with van der Waals surface area (Å²) in [5.41, 5.74) is 0.946. The van der Waals surface area contributed by atoms with E-state index in [9.17, 15) is 4.39 Å². The Morgan fingerprint density at radius 3 is 2.38 bits per heavy atom. The fourth-order valence-corrected chi connectivity index (χ4v) is 3.07. The second-order valence-corrected chi connectivity index (χ2v) is 5.94. The van der Waals surface area contributed by atoms with Gasteiger partial charge in [-0.05, 0) is 42.0 Å². The summed E-state index contributed by atoms with van der Waals surface area (Å²) >= 11 is 7.50. The van der Waals surface area contributed by atoms with Crippen LogP contribution in [0.1, 0.15) is 10.9 Å². The predicted octanol–water partition coefficient (Wildman–Crippen LogP) is 4.41. The highest BCUT2D eigenvalue weighted by molar-refractivity contribution is 7.99. The van der Waals surface area contributed by atoms with Crippen LogP contribution in [0.2, 0.25) is 5.02 Å². The van der Waals surface area contributed by atoms with Crippen molar-refractivity contribution in [2.75, 3.05) is 0 Å². The minimum atomic E-state index is -0.257. The lowest BCUT2D eigenvalue weighted by Crippen LogP contribution is -2.07. The van der Waals surface area contributed by atoms with E-state index in [0.29, 0.717) is 5.02 Å². The summed E-state index contributed by atoms with van der Waals surface area (Å²) in [5.74, 6) is -0.257. The first-order valence-electron chi connectivity index (χ1n) is 6.24. The van der Waals surface area contributed by atoms with E-state index in [-0.39, 0.29) is 11.2 Å². The lowest BCUT2D eigenvalue weighted by Gasteiger charge is -2.17. The molecule has 1 atom stereocenters. The Kier molecular flexibility index (Phi) is 4.22. The van der Waals surface area contributed by atoms with Gasteiger partial charge in [0.05, 0.1) is 0 Å². The van der Waals surface area contributed by atoms with Gasteiger partial charge in [-0.2, -0.15) is 5.10 Å². The maximum atomic E-state index is 13.1. The molecule has 1 aromatic heterocycles. The third-order valence-electron chi connectivity index (χ3n) is 2.89. The largest absolute Gasteiger partial charge is 0.235 e. The molecule has 6 heteroatoms. The topological polar surface area (TPSA) is 30.7 Å². The van der Waals surface area contributed by atoms with E-state index in [2.05, 4.69) is 10.1 Å². The van der Waals surface area contributed by atoms with Crippen LogP contribution in [0.5, 0.6) is 0 Å². The first-order valence-corrected chi connectivity index (χ1v) is 7.50. The Hall–Kier alpha value is -1.85. The second-order valence-electron chi connectivity index (χ2n) is 4.35. The molecule has 1 unspecified atom stereocenters. The van der Waals surface area contributed by atoms with E-state index in [1.165, 1.54) is 18.5 Å². The van der Waals surface area contributed by atoms with Crippen molar-refractivity contribution in [2.24, 2.45) is 0 Å². The van der Waals surface area contributed by atoms with Crippen LogP contribution in [-0.2, 0) is 0 Å². The standard InChI is InChI=1S/C15H11ClFN3S/c16-12-3-7-14(8-4-12)21-15(20-10-18-9-19-20)11-1-5-13(17)6-2-11/h1-10,15H. The molecular formula is C15H11ClFN3S. The van der Waals surface area contributed by atoms with Crippen molar-refractivity contribution in [3.05, 3.63) is 77.6 Å². The van der Waals surface area contributed by atoms with Gasteiger partial charge < -0.3 is 0 Å². The number of aromatic nitrogens is 3. The second kappa shape index (κ2) is 6.28. The predicted molar refractivity (Wildman–Crippen MR) is 81.9 cm³/mol. The van der Waals surface area contributed by atoms with Gasteiger partial charge in [0, 0.05) is 9.92 Å². The molecule has 21 heavy (non-hydrogen) atoms. The molecule has 0 amide bonds. The number of hydrogen-bond donors (Lipinski definition) is 0. The van der Waals surface area contributed by atoms with Crippen molar-refractivity contribution in [2.45, 2.75) is 10.3 Å². The number of thioether (sulfide) groups is 1. The zero-order chi connectivity index (χ0) is 14.7. The van der Waals surface area contributed by atoms with Gasteiger partial charge in [0.15, 0.2) is 0 Å². The van der Waals surface area contributed by atoms with Crippen LogP contribution in [0.4, 0.5) is 4.39 Å². The van der Waals surface area contributed by atoms with Gasteiger partial charge in [-0.25, -0.2) is 14.1 Å². The van der Waals surface area contributed by atoms with Crippen molar-refractivity contribution in [1.29, 1.82) is 0 Å². The molecule has 0 saturated heterocycles. The first-order chi connectivity index (χ1) is 10.2. The number of nitrogens with zero attached hydrogens (tertiary/aromatic N) is 3. The van der Waals surface area contributed by atoms with Crippen LogP contribution in [0.3, 0.4) is 0 Å². The molecule has 1 heterocycles. The molecule has 2 aromatic carbocycles. The summed E-state index contributed by atoms with van der Waals surface area (Å²) in [5, 5.41) is 4.77. The summed E-state index contributed by atoms with van der Waals surface area (Å²) in [4.78, 5) is 5.03. The van der Waals surface area contributed by atoms with Crippen molar-refractivity contribution in [1.82, 2.24) is 14.8 Å². The van der Waals surface area contributed by atoms with Crippen LogP contribution in [-0.4, -0.2) is 14.8 Å². The lowest BCUT2D eigenvalue weighted by molar-refractivity contribution is 0.623. The van der Waals surface area contributed by atoms with Gasteiger partial charge in [-0.1, -0.05) is 35.5 Å². The van der Waals surface area contributed by atoms with Gasteiger partial charge >= 0.3 is 0 Å². The van der Waals surface area contributed by atoms with Gasteiger partial charge in [0.25, 0.3) is 0 Å². The molecule has 3 aromatic rings. The van der Waals surface area contributed by atoms with E-state index in [4.69, 9.17) is 11.6 Å². The van der Waals surface area contributed by atoms with Crippen molar-refractivity contribution >= 4 is 23.4 Å². The number of rotatable bonds is 4. The van der Waals surface area contributed by atoms with Crippen molar-refractivity contribution in [3.63, 3.8) is 0 Å². The van der Waals surface area contributed by atoms with E-state index in [1.54, 1.807) is 34.9 Å². The van der Waals surface area contributed by atoms with Gasteiger partial charge in [-0.3, -0.25) is 0 Å². The summed E-state index contributed by atoms with van der Waals surface area (Å²) in [7, 11) is 0. The fourth-order valence-electron chi connectivity index (χ4n) is 1.88. The molecule has 0 aliphatic carbocycles. The zero-order valence-corrected chi connectivity index (χ0v) is 12.4. The quantitative estimate of drug-likeness (QED) is 0.667. The smallest absolute Gasteiger partial charge is 0.137 e. The van der Waals surface area contributed by atoms with Crippen LogP contribution < -0.4 is 0 Å². The SMILES string of the molecule is Fc1ccc(C(Sc2ccc(Cl)cc2)n2cncn2)cc1. The highest BCUT2D eigenvalue weighted by Gasteiger charge is 2.16. The molecule has 0 bridgehead atoms. The summed E-state index contributed by atoms with van der Waals surface area (Å²) in [6.45, 7) is 0. The van der Waals surface area contributed by atoms with Crippen LogP contribution in [0.25, 0.3) is 0 Å². The normalized spacial score (nSPS) is 12.3. The highest BCUT2D eigenvalue weighted by Crippen LogP contribution is 2.36. The zero-order valence-electron chi connectivity index (χ0n) is 10.9. The van der Waals surface area contributed by atoms with Gasteiger partial charge in [0.1, 0.15) is 23.8 Å². The third-order valence-corrected chi connectivity index (χ3v) is 4.40. The fraction of sp³-hybridized carbons (Fsp3) is 0.0667. The van der Waals surface area contributed by atoms with E-state index in [1.807, 2.05) is 24.3 Å². The molecule has 0 aliphatic heterocycles. The van der Waals surface area contributed by atoms with E-state index >= 15 is 0 Å². The first kappa shape index (κ1) is 14.1. The van der Waals surface area contributed by atoms with Crippen molar-refractivity contribution < 1.29 is 4.39 Å². The molecule has 0 fully saturated rings. The van der Waals surface area contributed by atoms with Crippen molar-refractivity contribution in [3.8, 4) is 0 Å². The summed E-state index contributed by atoms with van der Waals surface area (Å²) in [6.07, 6.45) is 3.13. The number of hydrogen-bond acceptors (Lipinski definition) is 3. The summed E-state index contributed by atoms with van der Waals surface area (Å²) < 4.78 is 14.9. The maximum Gasteiger partial charge on any atom is 0.137 e. The van der Waals surface area contributed by atoms with E-state index < -0.39 is 0 Å². The van der Waals surface area contributed by atoms with Crippen LogP contribution in [0, 0.1) is 5.82 Å². The molecule has 0 aliphatic rings. The summed E-state index contributed by atoms with van der Waals surface area (Å²) in [6, 6.07) is 14.0. The highest BCUT2D eigenvalue weighted by atomic mass is 35.5. The van der Waals surface area contributed by atoms with Gasteiger partial charge in [-0.15, -0.1) is 0 Å². The average Bonchev–Trinajstić information content (AvgIpc) is 3.02. The monoisotopic (exact) mass is 319 g/mol. The molecule has 0 spiro atoms. The lowest BCUT2D eigenvalue weighted by atomic mass is 10.2. The maximum absolute atomic E-state index is 13.1. The molecule has 0 saturated carbocycles. The average molecular weight is 320 g/mol. The Morgan fingerprint density at radius 1 is 1.05 bits per heavy atom. The Labute approximate surface area is 130 Å².